The lowest BCUT2D eigenvalue weighted by Gasteiger charge is -2.14. The third kappa shape index (κ3) is 3.59. The highest BCUT2D eigenvalue weighted by atomic mass is 19.1. The van der Waals surface area contributed by atoms with Crippen molar-refractivity contribution >= 4 is 17.3 Å². The third-order valence-corrected chi connectivity index (χ3v) is 2.52. The summed E-state index contributed by atoms with van der Waals surface area (Å²) in [6.45, 7) is 2.18. The molecule has 1 atom stereocenters. The topological polar surface area (TPSA) is 95.6 Å². The summed E-state index contributed by atoms with van der Waals surface area (Å²) >= 11 is 0. The Balaban J connectivity index is 2.79. The molecule has 1 rings (SSSR count). The van der Waals surface area contributed by atoms with E-state index in [-0.39, 0.29) is 17.9 Å². The smallest absolute Gasteiger partial charge is 0.338 e. The Kier molecular flexibility index (Phi) is 4.91. The zero-order valence-electron chi connectivity index (χ0n) is 10.1. The number of anilines is 2. The maximum absolute atomic E-state index is 13.4. The van der Waals surface area contributed by atoms with E-state index in [1.807, 2.05) is 6.92 Å². The zero-order chi connectivity index (χ0) is 13.7. The molecule has 0 aromatic heterocycles. The van der Waals surface area contributed by atoms with Crippen molar-refractivity contribution in [2.45, 2.75) is 25.9 Å². The number of benzene rings is 1. The van der Waals surface area contributed by atoms with Crippen LogP contribution in [0.5, 0.6) is 0 Å². The predicted octanol–water partition coefficient (Wildman–Crippen LogP) is 1.68. The van der Waals surface area contributed by atoms with E-state index >= 15 is 0 Å². The van der Waals surface area contributed by atoms with Crippen molar-refractivity contribution in [3.8, 4) is 0 Å². The van der Waals surface area contributed by atoms with Crippen molar-refractivity contribution in [1.82, 2.24) is 0 Å². The highest BCUT2D eigenvalue weighted by Gasteiger charge is 2.14. The fraction of sp³-hybridized carbons (Fsp3) is 0.417. The lowest BCUT2D eigenvalue weighted by Crippen LogP contribution is -2.20. The molecule has 1 aromatic carbocycles. The number of nitrogens with one attached hydrogen (secondary N) is 1. The minimum atomic E-state index is -1.36. The van der Waals surface area contributed by atoms with Crippen LogP contribution in [0.25, 0.3) is 0 Å². The lowest BCUT2D eigenvalue weighted by atomic mass is 10.1. The summed E-state index contributed by atoms with van der Waals surface area (Å²) in [5.74, 6) is -2.22. The molecule has 18 heavy (non-hydrogen) atoms. The fourth-order valence-electron chi connectivity index (χ4n) is 1.57. The summed E-state index contributed by atoms with van der Waals surface area (Å²) in [5.41, 5.74) is 5.57. The standard InChI is InChI=1S/C12H17FN2O3/c1-2-3-7(16)6-15-11-5-9(13)8(12(17)18)4-10(11)14/h4-5,7,15-16H,2-3,6,14H2,1H3,(H,17,18). The summed E-state index contributed by atoms with van der Waals surface area (Å²) in [6, 6.07) is 2.09. The van der Waals surface area contributed by atoms with Gasteiger partial charge in [0.25, 0.3) is 0 Å². The summed E-state index contributed by atoms with van der Waals surface area (Å²) in [4.78, 5) is 10.7. The molecule has 0 aliphatic rings. The van der Waals surface area contributed by atoms with Crippen LogP contribution < -0.4 is 11.1 Å². The second-order valence-electron chi connectivity index (χ2n) is 4.05. The molecule has 0 radical (unpaired) electrons. The van der Waals surface area contributed by atoms with Gasteiger partial charge in [0.2, 0.25) is 0 Å². The molecule has 1 aromatic rings. The van der Waals surface area contributed by atoms with Gasteiger partial charge in [-0.15, -0.1) is 0 Å². The Morgan fingerprint density at radius 2 is 2.22 bits per heavy atom. The average molecular weight is 256 g/mol. The number of carboxylic acid groups (broad SMARTS) is 1. The summed E-state index contributed by atoms with van der Waals surface area (Å²) in [7, 11) is 0. The monoisotopic (exact) mass is 256 g/mol. The molecule has 0 saturated carbocycles. The first kappa shape index (κ1) is 14.2. The van der Waals surface area contributed by atoms with Gasteiger partial charge in [-0.05, 0) is 18.6 Å². The number of hydrogen-bond donors (Lipinski definition) is 4. The van der Waals surface area contributed by atoms with Gasteiger partial charge >= 0.3 is 5.97 Å². The number of aromatic carboxylic acids is 1. The number of carbonyl (C=O) groups is 1. The largest absolute Gasteiger partial charge is 0.478 e. The van der Waals surface area contributed by atoms with Gasteiger partial charge in [-0.1, -0.05) is 13.3 Å². The first-order chi connectivity index (χ1) is 8.45. The Bertz CT molecular complexity index is 438. The Morgan fingerprint density at radius 3 is 2.78 bits per heavy atom. The highest BCUT2D eigenvalue weighted by Crippen LogP contribution is 2.23. The Hall–Kier alpha value is -1.82. The predicted molar refractivity (Wildman–Crippen MR) is 67.2 cm³/mol. The maximum Gasteiger partial charge on any atom is 0.338 e. The van der Waals surface area contributed by atoms with Gasteiger partial charge in [-0.3, -0.25) is 0 Å². The molecule has 0 fully saturated rings. The molecule has 0 aliphatic carbocycles. The number of rotatable bonds is 6. The summed E-state index contributed by atoms with van der Waals surface area (Å²) < 4.78 is 13.4. The average Bonchev–Trinajstić information content (AvgIpc) is 2.29. The van der Waals surface area contributed by atoms with Gasteiger partial charge in [-0.2, -0.15) is 0 Å². The fourth-order valence-corrected chi connectivity index (χ4v) is 1.57. The number of aliphatic hydroxyl groups excluding tert-OH is 1. The quantitative estimate of drug-likeness (QED) is 0.581. The Labute approximate surface area is 104 Å². The van der Waals surface area contributed by atoms with Gasteiger partial charge in [0, 0.05) is 6.54 Å². The minimum absolute atomic E-state index is 0.137. The van der Waals surface area contributed by atoms with Crippen LogP contribution in [-0.4, -0.2) is 28.8 Å². The van der Waals surface area contributed by atoms with Crippen LogP contribution in [0.3, 0.4) is 0 Å². The minimum Gasteiger partial charge on any atom is -0.478 e. The van der Waals surface area contributed by atoms with E-state index < -0.39 is 23.5 Å². The molecule has 0 aliphatic heterocycles. The van der Waals surface area contributed by atoms with Crippen LogP contribution in [0.15, 0.2) is 12.1 Å². The SMILES string of the molecule is CCCC(O)CNc1cc(F)c(C(=O)O)cc1N. The molecular formula is C12H17FN2O3. The van der Waals surface area contributed by atoms with Crippen LogP contribution in [0.4, 0.5) is 15.8 Å². The van der Waals surface area contributed by atoms with Gasteiger partial charge in [0.1, 0.15) is 5.82 Å². The summed E-state index contributed by atoms with van der Waals surface area (Å²) in [6.07, 6.45) is 0.921. The van der Waals surface area contributed by atoms with Crippen LogP contribution in [0, 0.1) is 5.82 Å². The molecule has 0 saturated heterocycles. The van der Waals surface area contributed by atoms with Crippen LogP contribution in [-0.2, 0) is 0 Å². The Morgan fingerprint density at radius 1 is 1.56 bits per heavy atom. The second kappa shape index (κ2) is 6.20. The molecule has 0 heterocycles. The van der Waals surface area contributed by atoms with E-state index in [4.69, 9.17) is 10.8 Å². The van der Waals surface area contributed by atoms with Crippen molar-refractivity contribution in [3.05, 3.63) is 23.5 Å². The van der Waals surface area contributed by atoms with Crippen molar-refractivity contribution < 1.29 is 19.4 Å². The highest BCUT2D eigenvalue weighted by molar-refractivity contribution is 5.90. The molecule has 100 valence electrons. The molecule has 6 heteroatoms. The number of aliphatic hydroxyl groups is 1. The van der Waals surface area contributed by atoms with E-state index in [0.717, 1.165) is 18.6 Å². The summed E-state index contributed by atoms with van der Waals surface area (Å²) in [5, 5.41) is 21.0. The molecular weight excluding hydrogens is 239 g/mol. The van der Waals surface area contributed by atoms with Gasteiger partial charge < -0.3 is 21.3 Å². The number of nitrogen functional groups attached to an aromatic ring is 1. The second-order valence-corrected chi connectivity index (χ2v) is 4.05. The van der Waals surface area contributed by atoms with Crippen LogP contribution in [0.1, 0.15) is 30.1 Å². The van der Waals surface area contributed by atoms with Crippen molar-refractivity contribution in [2.24, 2.45) is 0 Å². The molecule has 0 bridgehead atoms. The zero-order valence-corrected chi connectivity index (χ0v) is 10.1. The number of carboxylic acids is 1. The van der Waals surface area contributed by atoms with Gasteiger partial charge in [-0.25, -0.2) is 9.18 Å². The molecule has 1 unspecified atom stereocenters. The van der Waals surface area contributed by atoms with E-state index in [1.54, 1.807) is 0 Å². The first-order valence-corrected chi connectivity index (χ1v) is 5.70. The number of halogens is 1. The molecule has 0 amide bonds. The maximum atomic E-state index is 13.4. The van der Waals surface area contributed by atoms with Crippen molar-refractivity contribution in [1.29, 1.82) is 0 Å². The van der Waals surface area contributed by atoms with Crippen LogP contribution in [0.2, 0.25) is 0 Å². The molecule has 5 nitrogen and oxygen atoms in total. The third-order valence-electron chi connectivity index (χ3n) is 2.52. The van der Waals surface area contributed by atoms with E-state index in [2.05, 4.69) is 5.32 Å². The van der Waals surface area contributed by atoms with E-state index in [0.29, 0.717) is 6.42 Å². The van der Waals surface area contributed by atoms with Gasteiger partial charge in [0.05, 0.1) is 23.0 Å². The molecule has 5 N–H and O–H groups in total. The van der Waals surface area contributed by atoms with E-state index in [1.165, 1.54) is 0 Å². The first-order valence-electron chi connectivity index (χ1n) is 5.70. The molecule has 0 spiro atoms. The number of nitrogens with two attached hydrogens (primary N) is 1. The van der Waals surface area contributed by atoms with Crippen LogP contribution >= 0.6 is 0 Å². The van der Waals surface area contributed by atoms with E-state index in [9.17, 15) is 14.3 Å². The van der Waals surface area contributed by atoms with Gasteiger partial charge in [0.15, 0.2) is 0 Å². The lowest BCUT2D eigenvalue weighted by molar-refractivity contribution is 0.0692. The number of hydrogen-bond acceptors (Lipinski definition) is 4. The normalized spacial score (nSPS) is 12.2. The van der Waals surface area contributed by atoms with Crippen molar-refractivity contribution in [3.63, 3.8) is 0 Å². The van der Waals surface area contributed by atoms with Crippen molar-refractivity contribution in [2.75, 3.05) is 17.6 Å².